The summed E-state index contributed by atoms with van der Waals surface area (Å²) in [5.41, 5.74) is 0.790. The topological polar surface area (TPSA) is 42.7 Å². The third kappa shape index (κ3) is 4.31. The van der Waals surface area contributed by atoms with Gasteiger partial charge in [-0.2, -0.15) is 0 Å². The molecule has 1 aromatic carbocycles. The van der Waals surface area contributed by atoms with Crippen molar-refractivity contribution in [1.29, 1.82) is 0 Å². The van der Waals surface area contributed by atoms with E-state index in [0.29, 0.717) is 6.61 Å². The molecule has 2 aromatic rings. The third-order valence-electron chi connectivity index (χ3n) is 5.08. The number of aryl methyl sites for hydroxylation is 1. The molecule has 0 radical (unpaired) electrons. The number of nitrogens with zero attached hydrogens (tertiary/aromatic N) is 1. The third-order valence-corrected chi connectivity index (χ3v) is 5.08. The van der Waals surface area contributed by atoms with Crippen molar-refractivity contribution >= 4 is 5.97 Å². The summed E-state index contributed by atoms with van der Waals surface area (Å²) in [5, 5.41) is 0. The predicted molar refractivity (Wildman–Crippen MR) is 97.2 cm³/mol. The van der Waals surface area contributed by atoms with E-state index in [2.05, 4.69) is 17.0 Å². The first-order chi connectivity index (χ1) is 12.1. The Bertz CT molecular complexity index is 684. The average Bonchev–Trinajstić information content (AvgIpc) is 3.03. The van der Waals surface area contributed by atoms with Crippen molar-refractivity contribution in [3.63, 3.8) is 0 Å². The van der Waals surface area contributed by atoms with Gasteiger partial charge in [0, 0.05) is 0 Å². The zero-order valence-corrected chi connectivity index (χ0v) is 15.2. The number of benzene rings is 1. The molecule has 1 aliphatic heterocycles. The van der Waals surface area contributed by atoms with Gasteiger partial charge in [0.2, 0.25) is 0 Å². The molecule has 0 bridgehead atoms. The normalized spacial score (nSPS) is 17.4. The van der Waals surface area contributed by atoms with E-state index in [1.165, 1.54) is 5.56 Å². The molecule has 2 heterocycles. The van der Waals surface area contributed by atoms with Gasteiger partial charge in [-0.1, -0.05) is 30.3 Å². The van der Waals surface area contributed by atoms with Crippen molar-refractivity contribution in [2.75, 3.05) is 19.7 Å². The van der Waals surface area contributed by atoms with Crippen LogP contribution in [-0.2, 0) is 22.5 Å². The van der Waals surface area contributed by atoms with Crippen LogP contribution in [0.15, 0.2) is 46.9 Å². The van der Waals surface area contributed by atoms with E-state index in [1.54, 1.807) is 0 Å². The van der Waals surface area contributed by atoms with Crippen LogP contribution < -0.4 is 0 Å². The maximum Gasteiger partial charge on any atom is 0.312 e. The van der Waals surface area contributed by atoms with E-state index in [0.717, 1.165) is 50.4 Å². The molecule has 0 unspecified atom stereocenters. The molecule has 1 fully saturated rings. The first kappa shape index (κ1) is 17.7. The summed E-state index contributed by atoms with van der Waals surface area (Å²) in [6.45, 7) is 6.84. The van der Waals surface area contributed by atoms with Gasteiger partial charge >= 0.3 is 5.97 Å². The number of esters is 1. The van der Waals surface area contributed by atoms with Crippen LogP contribution in [0.5, 0.6) is 0 Å². The number of ether oxygens (including phenoxy) is 1. The van der Waals surface area contributed by atoms with Crippen LogP contribution in [0.2, 0.25) is 0 Å². The van der Waals surface area contributed by atoms with E-state index < -0.39 is 5.41 Å². The summed E-state index contributed by atoms with van der Waals surface area (Å²) >= 11 is 0. The summed E-state index contributed by atoms with van der Waals surface area (Å²) in [6.07, 6.45) is 2.39. The molecule has 0 spiro atoms. The Labute approximate surface area is 149 Å². The zero-order chi connectivity index (χ0) is 17.7. The van der Waals surface area contributed by atoms with Gasteiger partial charge in [0.25, 0.3) is 0 Å². The maximum atomic E-state index is 12.7. The molecule has 1 saturated heterocycles. The van der Waals surface area contributed by atoms with Crippen molar-refractivity contribution in [2.24, 2.45) is 5.41 Å². The molecule has 0 amide bonds. The second-order valence-corrected chi connectivity index (χ2v) is 6.95. The highest BCUT2D eigenvalue weighted by Crippen LogP contribution is 2.37. The van der Waals surface area contributed by atoms with Crippen molar-refractivity contribution in [2.45, 2.75) is 39.7 Å². The molecule has 1 aromatic heterocycles. The van der Waals surface area contributed by atoms with Crippen LogP contribution in [-0.4, -0.2) is 30.6 Å². The average molecular weight is 341 g/mol. The summed E-state index contributed by atoms with van der Waals surface area (Å²) in [6, 6.07) is 14.3. The fourth-order valence-electron chi connectivity index (χ4n) is 3.65. The number of carbonyl (C=O) groups is 1. The maximum absolute atomic E-state index is 12.7. The molecular weight excluding hydrogens is 314 g/mol. The number of piperidine rings is 1. The van der Waals surface area contributed by atoms with Gasteiger partial charge in [0.1, 0.15) is 11.5 Å². The number of carbonyl (C=O) groups excluding carboxylic acids is 1. The lowest BCUT2D eigenvalue weighted by molar-refractivity contribution is -0.158. The van der Waals surface area contributed by atoms with Gasteiger partial charge in [-0.25, -0.2) is 0 Å². The highest BCUT2D eigenvalue weighted by atomic mass is 16.5. The zero-order valence-electron chi connectivity index (χ0n) is 15.2. The quantitative estimate of drug-likeness (QED) is 0.746. The van der Waals surface area contributed by atoms with Gasteiger partial charge < -0.3 is 9.15 Å². The first-order valence-corrected chi connectivity index (χ1v) is 9.10. The van der Waals surface area contributed by atoms with E-state index in [4.69, 9.17) is 9.15 Å². The minimum absolute atomic E-state index is 0.0488. The Kier molecular flexibility index (Phi) is 5.59. The second kappa shape index (κ2) is 7.87. The largest absolute Gasteiger partial charge is 0.466 e. The molecule has 4 heteroatoms. The Morgan fingerprint density at radius 1 is 1.16 bits per heavy atom. The fourth-order valence-corrected chi connectivity index (χ4v) is 3.65. The Hall–Kier alpha value is -2.07. The van der Waals surface area contributed by atoms with E-state index in [9.17, 15) is 4.79 Å². The van der Waals surface area contributed by atoms with Gasteiger partial charge in [0.05, 0.1) is 18.6 Å². The van der Waals surface area contributed by atoms with Crippen molar-refractivity contribution in [3.8, 4) is 0 Å². The van der Waals surface area contributed by atoms with Crippen LogP contribution in [0, 0.1) is 12.3 Å². The predicted octanol–water partition coefficient (Wildman–Crippen LogP) is 3.98. The number of hydrogen-bond acceptors (Lipinski definition) is 4. The van der Waals surface area contributed by atoms with Gasteiger partial charge in [0.15, 0.2) is 0 Å². The van der Waals surface area contributed by atoms with Gasteiger partial charge in [-0.3, -0.25) is 9.69 Å². The highest BCUT2D eigenvalue weighted by molar-refractivity contribution is 5.77. The molecule has 0 atom stereocenters. The lowest BCUT2D eigenvalue weighted by Crippen LogP contribution is -2.46. The van der Waals surface area contributed by atoms with E-state index >= 15 is 0 Å². The van der Waals surface area contributed by atoms with Gasteiger partial charge in [-0.15, -0.1) is 0 Å². The molecular formula is C21H27NO3. The first-order valence-electron chi connectivity index (χ1n) is 9.10. The number of furan rings is 1. The molecule has 0 aliphatic carbocycles. The van der Waals surface area contributed by atoms with Crippen molar-refractivity contribution < 1.29 is 13.9 Å². The van der Waals surface area contributed by atoms with Crippen LogP contribution in [0.1, 0.15) is 36.8 Å². The summed E-state index contributed by atoms with van der Waals surface area (Å²) < 4.78 is 11.1. The van der Waals surface area contributed by atoms with Crippen molar-refractivity contribution in [1.82, 2.24) is 4.90 Å². The molecule has 3 rings (SSSR count). The lowest BCUT2D eigenvalue weighted by atomic mass is 9.73. The minimum Gasteiger partial charge on any atom is -0.466 e. The summed E-state index contributed by atoms with van der Waals surface area (Å²) in [4.78, 5) is 15.1. The Morgan fingerprint density at radius 2 is 1.88 bits per heavy atom. The molecule has 0 N–H and O–H groups in total. The SMILES string of the molecule is CCOC(=O)C1(Cc2ccccc2)CCN(Cc2ccc(C)o2)CC1. The number of hydrogen-bond donors (Lipinski definition) is 0. The van der Waals surface area contributed by atoms with Crippen molar-refractivity contribution in [3.05, 3.63) is 59.5 Å². The van der Waals surface area contributed by atoms with Crippen LogP contribution in [0.3, 0.4) is 0 Å². The molecule has 4 nitrogen and oxygen atoms in total. The van der Waals surface area contributed by atoms with E-state index in [1.807, 2.05) is 44.2 Å². The molecule has 1 aliphatic rings. The number of likely N-dealkylation sites (tertiary alicyclic amines) is 1. The van der Waals surface area contributed by atoms with Crippen LogP contribution >= 0.6 is 0 Å². The Morgan fingerprint density at radius 3 is 2.48 bits per heavy atom. The Balaban J connectivity index is 1.68. The summed E-state index contributed by atoms with van der Waals surface area (Å²) in [5.74, 6) is 1.88. The standard InChI is InChI=1S/C21H27NO3/c1-3-24-20(23)21(15-18-7-5-4-6-8-18)11-13-22(14-12-21)16-19-10-9-17(2)25-19/h4-10H,3,11-16H2,1-2H3. The summed E-state index contributed by atoms with van der Waals surface area (Å²) in [7, 11) is 0. The minimum atomic E-state index is -0.410. The van der Waals surface area contributed by atoms with Gasteiger partial charge in [-0.05, 0) is 63.9 Å². The smallest absolute Gasteiger partial charge is 0.312 e. The number of rotatable bonds is 6. The van der Waals surface area contributed by atoms with Crippen LogP contribution in [0.4, 0.5) is 0 Å². The molecule has 25 heavy (non-hydrogen) atoms. The lowest BCUT2D eigenvalue weighted by Gasteiger charge is -2.39. The second-order valence-electron chi connectivity index (χ2n) is 6.95. The molecule has 134 valence electrons. The highest BCUT2D eigenvalue weighted by Gasteiger charge is 2.42. The fraction of sp³-hybridized carbons (Fsp3) is 0.476. The monoisotopic (exact) mass is 341 g/mol. The molecule has 0 saturated carbocycles. The van der Waals surface area contributed by atoms with E-state index in [-0.39, 0.29) is 5.97 Å². The van der Waals surface area contributed by atoms with Crippen LogP contribution in [0.25, 0.3) is 0 Å².